The standard InChI is InChI=1S/C18H30N4O2.C11H23N3O2.C7H8BrN/c1-14-12-16(13-15(2)20-14)22-10-8-21(9-11-22)7-6-19-17(23)24-18(3,4)5;1-11(2,3)16-10(15)13-6-9-14-7-4-12-5-8-14;1-5-3-7(8)4-6(2)9-5/h12-13H,6-11H2,1-5H3,(H,19,23);12H,4-9H2,1-3H3,(H,13,15);3-4H,1-2H3. The van der Waals surface area contributed by atoms with Crippen molar-refractivity contribution < 1.29 is 19.1 Å². The summed E-state index contributed by atoms with van der Waals surface area (Å²) < 4.78 is 11.5. The van der Waals surface area contributed by atoms with Crippen molar-refractivity contribution in [2.45, 2.75) is 80.4 Å². The molecule has 2 aliphatic heterocycles. The number of hydrogen-bond donors (Lipinski definition) is 3. The number of anilines is 1. The molecule has 2 aromatic rings. The highest BCUT2D eigenvalue weighted by molar-refractivity contribution is 9.10. The van der Waals surface area contributed by atoms with E-state index in [2.05, 4.69) is 68.7 Å². The van der Waals surface area contributed by atoms with Crippen LogP contribution in [-0.2, 0) is 9.47 Å². The van der Waals surface area contributed by atoms with Gasteiger partial charge in [0.1, 0.15) is 11.2 Å². The third-order valence-corrected chi connectivity index (χ3v) is 7.71. The maximum absolute atomic E-state index is 11.6. The Balaban J connectivity index is 0.000000285. The van der Waals surface area contributed by atoms with Crippen molar-refractivity contribution in [3.05, 3.63) is 51.5 Å². The quantitative estimate of drug-likeness (QED) is 0.347. The number of aromatic nitrogens is 2. The highest BCUT2D eigenvalue weighted by Crippen LogP contribution is 2.18. The van der Waals surface area contributed by atoms with Gasteiger partial charge in [-0.05, 0) is 93.5 Å². The van der Waals surface area contributed by atoms with E-state index in [1.807, 2.05) is 81.4 Å². The number of rotatable bonds is 7. The fraction of sp³-hybridized carbons (Fsp3) is 0.667. The van der Waals surface area contributed by atoms with E-state index in [0.717, 1.165) is 92.7 Å². The van der Waals surface area contributed by atoms with Gasteiger partial charge < -0.3 is 30.3 Å². The molecule has 4 rings (SSSR count). The van der Waals surface area contributed by atoms with Crippen molar-refractivity contribution in [2.24, 2.45) is 0 Å². The zero-order valence-electron chi connectivity index (χ0n) is 31.5. The van der Waals surface area contributed by atoms with Gasteiger partial charge in [0.15, 0.2) is 0 Å². The molecule has 0 saturated carbocycles. The number of carbonyl (C=O) groups excluding carboxylic acids is 2. The lowest BCUT2D eigenvalue weighted by Crippen LogP contribution is -2.48. The van der Waals surface area contributed by atoms with Gasteiger partial charge in [0, 0.05) is 111 Å². The molecule has 4 heterocycles. The molecular weight excluding hydrogens is 688 g/mol. The number of amides is 2. The molecule has 13 heteroatoms. The van der Waals surface area contributed by atoms with E-state index in [-0.39, 0.29) is 12.2 Å². The number of pyridine rings is 2. The minimum Gasteiger partial charge on any atom is -0.444 e. The Morgan fingerprint density at radius 3 is 1.47 bits per heavy atom. The molecule has 2 fully saturated rings. The Hall–Kier alpha value is -3.00. The first kappa shape index (κ1) is 42.2. The lowest BCUT2D eigenvalue weighted by molar-refractivity contribution is 0.0510. The Morgan fingerprint density at radius 2 is 1.08 bits per heavy atom. The van der Waals surface area contributed by atoms with Crippen molar-refractivity contribution in [3.8, 4) is 0 Å². The largest absolute Gasteiger partial charge is 0.444 e. The number of alkyl carbamates (subject to hydrolysis) is 2. The van der Waals surface area contributed by atoms with Crippen molar-refractivity contribution in [1.82, 2.24) is 35.7 Å². The zero-order valence-corrected chi connectivity index (χ0v) is 33.1. The fourth-order valence-electron chi connectivity index (χ4n) is 5.20. The minimum absolute atomic E-state index is 0.331. The van der Waals surface area contributed by atoms with E-state index >= 15 is 0 Å². The maximum atomic E-state index is 11.6. The molecule has 0 aliphatic carbocycles. The van der Waals surface area contributed by atoms with Crippen LogP contribution in [0.15, 0.2) is 28.7 Å². The summed E-state index contributed by atoms with van der Waals surface area (Å²) in [4.78, 5) is 38.7. The van der Waals surface area contributed by atoms with Gasteiger partial charge in [-0.2, -0.15) is 0 Å². The first-order chi connectivity index (χ1) is 22.9. The predicted molar refractivity (Wildman–Crippen MR) is 202 cm³/mol. The van der Waals surface area contributed by atoms with Crippen LogP contribution in [0.5, 0.6) is 0 Å². The normalized spacial score (nSPS) is 15.6. The molecule has 12 nitrogen and oxygen atoms in total. The molecule has 0 aromatic carbocycles. The summed E-state index contributed by atoms with van der Waals surface area (Å²) in [5, 5.41) is 8.87. The summed E-state index contributed by atoms with van der Waals surface area (Å²) in [6.07, 6.45) is -0.675. The molecule has 2 aromatic heterocycles. The van der Waals surface area contributed by atoms with Gasteiger partial charge >= 0.3 is 12.2 Å². The number of aryl methyl sites for hydroxylation is 4. The summed E-state index contributed by atoms with van der Waals surface area (Å²) in [6.45, 7) is 30.4. The van der Waals surface area contributed by atoms with Gasteiger partial charge in [-0.25, -0.2) is 9.59 Å². The predicted octanol–water partition coefficient (Wildman–Crippen LogP) is 5.22. The van der Waals surface area contributed by atoms with Crippen molar-refractivity contribution in [2.75, 3.05) is 83.4 Å². The van der Waals surface area contributed by atoms with Gasteiger partial charge in [0.25, 0.3) is 0 Å². The molecule has 2 amide bonds. The lowest BCUT2D eigenvalue weighted by atomic mass is 10.2. The molecule has 3 N–H and O–H groups in total. The van der Waals surface area contributed by atoms with Gasteiger partial charge in [0.05, 0.1) is 0 Å². The van der Waals surface area contributed by atoms with Gasteiger partial charge in [-0.15, -0.1) is 0 Å². The average Bonchev–Trinajstić information content (AvgIpc) is 2.96. The SMILES string of the molecule is CC(C)(C)OC(=O)NCCN1CCNCC1.Cc1cc(Br)cc(C)n1.Cc1cc(N2CCN(CCNC(=O)OC(C)(C)C)CC2)cc(C)n1. The molecule has 276 valence electrons. The Labute approximate surface area is 303 Å². The number of carbonyl (C=O) groups is 2. The van der Waals surface area contributed by atoms with Crippen LogP contribution in [0.3, 0.4) is 0 Å². The summed E-state index contributed by atoms with van der Waals surface area (Å²) in [5.41, 5.74) is 4.63. The number of halogens is 1. The van der Waals surface area contributed by atoms with Gasteiger partial charge in [0.2, 0.25) is 0 Å². The average molecular weight is 750 g/mol. The molecule has 0 atom stereocenters. The topological polar surface area (TPSA) is 124 Å². The van der Waals surface area contributed by atoms with Crippen LogP contribution >= 0.6 is 15.9 Å². The molecule has 0 bridgehead atoms. The third-order valence-electron chi connectivity index (χ3n) is 7.25. The van der Waals surface area contributed by atoms with E-state index in [1.54, 1.807) is 0 Å². The molecule has 2 aliphatic rings. The molecule has 2 saturated heterocycles. The minimum atomic E-state index is -0.448. The third kappa shape index (κ3) is 19.7. The van der Waals surface area contributed by atoms with Crippen LogP contribution in [0.25, 0.3) is 0 Å². The molecule has 0 radical (unpaired) electrons. The van der Waals surface area contributed by atoms with E-state index in [1.165, 1.54) is 5.69 Å². The highest BCUT2D eigenvalue weighted by atomic mass is 79.9. The Bertz CT molecular complexity index is 1230. The molecule has 49 heavy (non-hydrogen) atoms. The number of ether oxygens (including phenoxy) is 2. The smallest absolute Gasteiger partial charge is 0.407 e. The molecular formula is C36H61BrN8O4. The second-order valence-electron chi connectivity index (χ2n) is 14.5. The van der Waals surface area contributed by atoms with E-state index in [0.29, 0.717) is 13.1 Å². The van der Waals surface area contributed by atoms with Crippen LogP contribution in [0.4, 0.5) is 15.3 Å². The monoisotopic (exact) mass is 748 g/mol. The van der Waals surface area contributed by atoms with Crippen LogP contribution in [-0.4, -0.2) is 122 Å². The number of piperazine rings is 2. The maximum Gasteiger partial charge on any atom is 0.407 e. The summed E-state index contributed by atoms with van der Waals surface area (Å²) in [7, 11) is 0. The van der Waals surface area contributed by atoms with E-state index in [9.17, 15) is 9.59 Å². The Kier molecular flexibility index (Phi) is 17.7. The summed E-state index contributed by atoms with van der Waals surface area (Å²) in [6, 6.07) is 8.28. The first-order valence-corrected chi connectivity index (χ1v) is 18.1. The van der Waals surface area contributed by atoms with Gasteiger partial charge in [-0.1, -0.05) is 15.9 Å². The van der Waals surface area contributed by atoms with Crippen molar-refractivity contribution in [1.29, 1.82) is 0 Å². The van der Waals surface area contributed by atoms with Crippen molar-refractivity contribution >= 4 is 33.8 Å². The Morgan fingerprint density at radius 1 is 0.694 bits per heavy atom. The van der Waals surface area contributed by atoms with Crippen LogP contribution in [0, 0.1) is 27.7 Å². The lowest BCUT2D eigenvalue weighted by Gasteiger charge is -2.36. The molecule has 0 spiro atoms. The zero-order chi connectivity index (χ0) is 36.6. The number of nitrogens with zero attached hydrogens (tertiary/aromatic N) is 5. The second kappa shape index (κ2) is 20.6. The number of hydrogen-bond acceptors (Lipinski definition) is 10. The summed E-state index contributed by atoms with van der Waals surface area (Å²) >= 11 is 3.37. The van der Waals surface area contributed by atoms with Crippen LogP contribution in [0.1, 0.15) is 64.3 Å². The summed E-state index contributed by atoms with van der Waals surface area (Å²) in [5.74, 6) is 0. The first-order valence-electron chi connectivity index (χ1n) is 17.3. The van der Waals surface area contributed by atoms with E-state index < -0.39 is 11.2 Å². The van der Waals surface area contributed by atoms with E-state index in [4.69, 9.17) is 9.47 Å². The number of nitrogens with one attached hydrogen (secondary N) is 3. The van der Waals surface area contributed by atoms with Crippen LogP contribution < -0.4 is 20.9 Å². The highest BCUT2D eigenvalue weighted by Gasteiger charge is 2.20. The van der Waals surface area contributed by atoms with Crippen molar-refractivity contribution in [3.63, 3.8) is 0 Å². The van der Waals surface area contributed by atoms with Gasteiger partial charge in [-0.3, -0.25) is 19.8 Å². The van der Waals surface area contributed by atoms with Crippen LogP contribution in [0.2, 0.25) is 0 Å². The molecule has 0 unspecified atom stereocenters. The second-order valence-corrected chi connectivity index (χ2v) is 15.4. The fourth-order valence-corrected chi connectivity index (χ4v) is 5.87.